The van der Waals surface area contributed by atoms with E-state index in [4.69, 9.17) is 0 Å². The highest BCUT2D eigenvalue weighted by molar-refractivity contribution is 5.85. The Morgan fingerprint density at radius 1 is 1.23 bits per heavy atom. The third-order valence-electron chi connectivity index (χ3n) is 4.61. The van der Waals surface area contributed by atoms with Crippen molar-refractivity contribution in [3.05, 3.63) is 17.5 Å². The molecule has 0 aromatic carbocycles. The molecule has 0 bridgehead atoms. The van der Waals surface area contributed by atoms with Crippen molar-refractivity contribution in [1.82, 2.24) is 15.3 Å². The average Bonchev–Trinajstić information content (AvgIpc) is 2.82. The molecule has 0 radical (unpaired) electrons. The molecule has 3 heterocycles. The Morgan fingerprint density at radius 3 is 2.55 bits per heavy atom. The van der Waals surface area contributed by atoms with Gasteiger partial charge in [0.1, 0.15) is 0 Å². The first-order chi connectivity index (χ1) is 9.90. The Morgan fingerprint density at radius 2 is 1.91 bits per heavy atom. The van der Waals surface area contributed by atoms with E-state index in [1.807, 2.05) is 4.90 Å². The Balaban J connectivity index is 0.00000176. The van der Waals surface area contributed by atoms with Crippen LogP contribution in [0.25, 0.3) is 0 Å². The summed E-state index contributed by atoms with van der Waals surface area (Å²) in [5.41, 5.74) is -0.529. The summed E-state index contributed by atoms with van der Waals surface area (Å²) >= 11 is 0. The quantitative estimate of drug-likeness (QED) is 0.856. The van der Waals surface area contributed by atoms with Crippen molar-refractivity contribution in [2.45, 2.75) is 32.4 Å². The molecule has 0 saturated carbocycles. The van der Waals surface area contributed by atoms with Gasteiger partial charge in [0.2, 0.25) is 5.95 Å². The number of hydrogen-bond acceptors (Lipinski definition) is 4. The fourth-order valence-electron chi connectivity index (χ4n) is 3.34. The number of aromatic nitrogens is 2. The molecule has 3 rings (SSSR count). The van der Waals surface area contributed by atoms with E-state index >= 15 is 0 Å². The molecule has 2 saturated heterocycles. The van der Waals surface area contributed by atoms with Crippen LogP contribution in [0.4, 0.5) is 19.1 Å². The van der Waals surface area contributed by atoms with Crippen LogP contribution in [-0.2, 0) is 6.18 Å². The van der Waals surface area contributed by atoms with Gasteiger partial charge in [-0.2, -0.15) is 13.2 Å². The van der Waals surface area contributed by atoms with E-state index in [1.54, 1.807) is 0 Å². The molecule has 124 valence electrons. The van der Waals surface area contributed by atoms with Gasteiger partial charge in [0.25, 0.3) is 0 Å². The lowest BCUT2D eigenvalue weighted by Gasteiger charge is -2.33. The lowest BCUT2D eigenvalue weighted by Crippen LogP contribution is -2.39. The maximum atomic E-state index is 12.9. The Kier molecular flexibility index (Phi) is 4.87. The number of rotatable bonds is 1. The van der Waals surface area contributed by atoms with E-state index < -0.39 is 11.9 Å². The molecular weight excluding hydrogens is 317 g/mol. The highest BCUT2D eigenvalue weighted by atomic mass is 35.5. The Hall–Kier alpha value is -1.08. The Bertz CT molecular complexity index is 529. The van der Waals surface area contributed by atoms with E-state index in [2.05, 4.69) is 15.3 Å². The number of nitrogens with one attached hydrogen (secondary N) is 1. The van der Waals surface area contributed by atoms with Gasteiger partial charge in [0.05, 0.1) is 0 Å². The van der Waals surface area contributed by atoms with Crippen LogP contribution in [0.2, 0.25) is 0 Å². The van der Waals surface area contributed by atoms with Crippen LogP contribution >= 0.6 is 12.4 Å². The number of anilines is 1. The van der Waals surface area contributed by atoms with Crippen molar-refractivity contribution in [2.75, 3.05) is 31.1 Å². The van der Waals surface area contributed by atoms with Crippen molar-refractivity contribution in [1.29, 1.82) is 0 Å². The van der Waals surface area contributed by atoms with Crippen LogP contribution in [0.3, 0.4) is 0 Å². The minimum absolute atomic E-state index is 0. The number of piperidine rings is 1. The molecule has 2 fully saturated rings. The fourth-order valence-corrected chi connectivity index (χ4v) is 3.34. The lowest BCUT2D eigenvalue weighted by molar-refractivity contribution is -0.141. The molecular formula is C14H20ClF3N4. The maximum absolute atomic E-state index is 12.9. The highest BCUT2D eigenvalue weighted by Gasteiger charge is 2.41. The Labute approximate surface area is 133 Å². The van der Waals surface area contributed by atoms with Gasteiger partial charge >= 0.3 is 6.18 Å². The van der Waals surface area contributed by atoms with Crippen molar-refractivity contribution in [3.63, 3.8) is 0 Å². The molecule has 1 spiro atoms. The molecule has 1 aromatic heterocycles. The molecule has 0 aliphatic carbocycles. The predicted octanol–water partition coefficient (Wildman–Crippen LogP) is 2.81. The molecule has 2 aliphatic rings. The monoisotopic (exact) mass is 336 g/mol. The molecule has 1 aromatic rings. The first-order valence-electron chi connectivity index (χ1n) is 7.26. The van der Waals surface area contributed by atoms with Crippen LogP contribution in [0.5, 0.6) is 0 Å². The second-order valence-corrected chi connectivity index (χ2v) is 6.12. The third kappa shape index (κ3) is 3.30. The van der Waals surface area contributed by atoms with Gasteiger partial charge in [0.15, 0.2) is 5.69 Å². The van der Waals surface area contributed by atoms with Crippen molar-refractivity contribution in [3.8, 4) is 0 Å². The van der Waals surface area contributed by atoms with Crippen LogP contribution in [0.1, 0.15) is 30.5 Å². The second kappa shape index (κ2) is 6.20. The lowest BCUT2D eigenvalue weighted by atomic mass is 9.78. The van der Waals surface area contributed by atoms with Crippen LogP contribution < -0.4 is 10.2 Å². The summed E-state index contributed by atoms with van der Waals surface area (Å²) in [7, 11) is 0. The summed E-state index contributed by atoms with van der Waals surface area (Å²) in [6.45, 7) is 4.85. The van der Waals surface area contributed by atoms with Gasteiger partial charge < -0.3 is 10.2 Å². The predicted molar refractivity (Wildman–Crippen MR) is 80.4 cm³/mol. The summed E-state index contributed by atoms with van der Waals surface area (Å²) < 4.78 is 38.8. The fraction of sp³-hybridized carbons (Fsp3) is 0.714. The zero-order valence-corrected chi connectivity index (χ0v) is 13.2. The molecule has 4 nitrogen and oxygen atoms in total. The smallest absolute Gasteiger partial charge is 0.340 e. The second-order valence-electron chi connectivity index (χ2n) is 6.12. The van der Waals surface area contributed by atoms with Crippen LogP contribution in [-0.4, -0.2) is 36.1 Å². The number of aryl methyl sites for hydroxylation is 1. The minimum Gasteiger partial charge on any atom is -0.340 e. The first-order valence-corrected chi connectivity index (χ1v) is 7.26. The zero-order valence-electron chi connectivity index (χ0n) is 12.4. The topological polar surface area (TPSA) is 41.1 Å². The van der Waals surface area contributed by atoms with Gasteiger partial charge in [-0.3, -0.25) is 0 Å². The average molecular weight is 337 g/mol. The largest absolute Gasteiger partial charge is 0.433 e. The SMILES string of the molecule is Cc1cnc(N2CCC3(CCNCC3)C2)nc1C(F)(F)F.Cl. The molecule has 1 N–H and O–H groups in total. The zero-order chi connectivity index (χ0) is 15.1. The summed E-state index contributed by atoms with van der Waals surface area (Å²) in [5, 5.41) is 3.33. The van der Waals surface area contributed by atoms with Gasteiger partial charge in [-0.05, 0) is 50.3 Å². The normalized spacial score (nSPS) is 21.0. The molecule has 2 aliphatic heterocycles. The summed E-state index contributed by atoms with van der Waals surface area (Å²) in [6, 6.07) is 0. The van der Waals surface area contributed by atoms with E-state index in [0.29, 0.717) is 0 Å². The standard InChI is InChI=1S/C14H19F3N4.ClH/c1-10-8-19-12(20-11(10)14(15,16)17)21-7-4-13(9-21)2-5-18-6-3-13;/h8,18H,2-7,9H2,1H3;1H. The number of alkyl halides is 3. The number of nitrogens with zero attached hydrogens (tertiary/aromatic N) is 3. The van der Waals surface area contributed by atoms with E-state index in [9.17, 15) is 13.2 Å². The van der Waals surface area contributed by atoms with Crippen molar-refractivity contribution < 1.29 is 13.2 Å². The number of halogens is 4. The van der Waals surface area contributed by atoms with Crippen molar-refractivity contribution >= 4 is 18.4 Å². The van der Waals surface area contributed by atoms with Gasteiger partial charge in [-0.25, -0.2) is 9.97 Å². The van der Waals surface area contributed by atoms with E-state index in [-0.39, 0.29) is 29.3 Å². The summed E-state index contributed by atoms with van der Waals surface area (Å²) in [4.78, 5) is 9.79. The first kappa shape index (κ1) is 17.3. The van der Waals surface area contributed by atoms with E-state index in [0.717, 1.165) is 45.4 Å². The van der Waals surface area contributed by atoms with Gasteiger partial charge in [0, 0.05) is 19.3 Å². The van der Waals surface area contributed by atoms with Gasteiger partial charge in [-0.15, -0.1) is 12.4 Å². The molecule has 0 atom stereocenters. The molecule has 8 heteroatoms. The van der Waals surface area contributed by atoms with E-state index in [1.165, 1.54) is 13.1 Å². The molecule has 22 heavy (non-hydrogen) atoms. The third-order valence-corrected chi connectivity index (χ3v) is 4.61. The summed E-state index contributed by atoms with van der Waals surface area (Å²) in [5.74, 6) is 0.211. The highest BCUT2D eigenvalue weighted by Crippen LogP contribution is 2.40. The summed E-state index contributed by atoms with van der Waals surface area (Å²) in [6.07, 6.45) is 0.00274. The number of hydrogen-bond donors (Lipinski definition) is 1. The minimum atomic E-state index is -4.42. The van der Waals surface area contributed by atoms with Crippen LogP contribution in [0, 0.1) is 12.3 Å². The van der Waals surface area contributed by atoms with Crippen LogP contribution in [0.15, 0.2) is 6.20 Å². The van der Waals surface area contributed by atoms with Crippen molar-refractivity contribution in [2.24, 2.45) is 5.41 Å². The molecule has 0 unspecified atom stereocenters. The maximum Gasteiger partial charge on any atom is 0.433 e. The van der Waals surface area contributed by atoms with Gasteiger partial charge in [-0.1, -0.05) is 0 Å². The molecule has 0 amide bonds.